The Morgan fingerprint density at radius 3 is 3.00 bits per heavy atom. The molecule has 1 unspecified atom stereocenters. The zero-order chi connectivity index (χ0) is 15.1. The van der Waals surface area contributed by atoms with E-state index in [2.05, 4.69) is 9.69 Å². The average Bonchev–Trinajstić information content (AvgIpc) is 3.06. The van der Waals surface area contributed by atoms with Crippen LogP contribution >= 0.6 is 11.5 Å². The molecule has 0 bridgehead atoms. The minimum absolute atomic E-state index is 0.137. The maximum Gasteiger partial charge on any atom is 0.267 e. The van der Waals surface area contributed by atoms with Gasteiger partial charge >= 0.3 is 0 Å². The third-order valence-electron chi connectivity index (χ3n) is 3.94. The molecule has 1 aliphatic carbocycles. The number of hydrogen-bond donors (Lipinski definition) is 2. The fourth-order valence-corrected chi connectivity index (χ4v) is 3.29. The SMILES string of the molecule is CC1CCc2c1c(O)c(C(=O)Nc1ccsn1)c(=O)n2C. The van der Waals surface area contributed by atoms with Gasteiger partial charge in [0.1, 0.15) is 17.1 Å². The predicted molar refractivity (Wildman–Crippen MR) is 80.2 cm³/mol. The van der Waals surface area contributed by atoms with Gasteiger partial charge in [0, 0.05) is 23.7 Å². The first-order chi connectivity index (χ1) is 10.0. The first kappa shape index (κ1) is 13.8. The number of rotatable bonds is 2. The van der Waals surface area contributed by atoms with Crippen molar-refractivity contribution < 1.29 is 9.90 Å². The molecular weight excluding hydrogens is 290 g/mol. The maximum atomic E-state index is 12.4. The van der Waals surface area contributed by atoms with Crippen LogP contribution < -0.4 is 10.9 Å². The van der Waals surface area contributed by atoms with E-state index in [1.807, 2.05) is 6.92 Å². The number of amides is 1. The molecule has 1 atom stereocenters. The highest BCUT2D eigenvalue weighted by atomic mass is 32.1. The van der Waals surface area contributed by atoms with E-state index in [9.17, 15) is 14.7 Å². The molecule has 1 aliphatic rings. The minimum Gasteiger partial charge on any atom is -0.507 e. The summed E-state index contributed by atoms with van der Waals surface area (Å²) < 4.78 is 5.44. The molecule has 3 rings (SSSR count). The number of hydrogen-bond acceptors (Lipinski definition) is 5. The Morgan fingerprint density at radius 1 is 1.57 bits per heavy atom. The summed E-state index contributed by atoms with van der Waals surface area (Å²) in [5.74, 6) is -0.302. The van der Waals surface area contributed by atoms with Gasteiger partial charge in [-0.1, -0.05) is 6.92 Å². The third kappa shape index (κ3) is 2.13. The highest BCUT2D eigenvalue weighted by Gasteiger charge is 2.31. The van der Waals surface area contributed by atoms with E-state index in [0.29, 0.717) is 11.4 Å². The van der Waals surface area contributed by atoms with Crippen molar-refractivity contribution in [3.8, 4) is 5.75 Å². The van der Waals surface area contributed by atoms with E-state index in [0.717, 1.165) is 18.5 Å². The highest BCUT2D eigenvalue weighted by Crippen LogP contribution is 2.39. The molecule has 21 heavy (non-hydrogen) atoms. The van der Waals surface area contributed by atoms with Crippen LogP contribution in [0.5, 0.6) is 5.75 Å². The molecule has 2 aromatic heterocycles. The Labute approximate surface area is 125 Å². The largest absolute Gasteiger partial charge is 0.507 e. The lowest BCUT2D eigenvalue weighted by Gasteiger charge is -2.14. The van der Waals surface area contributed by atoms with Gasteiger partial charge in [0.2, 0.25) is 0 Å². The van der Waals surface area contributed by atoms with Crippen LogP contribution in [0.15, 0.2) is 16.2 Å². The van der Waals surface area contributed by atoms with Crippen LogP contribution in [0.3, 0.4) is 0 Å². The Kier molecular flexibility index (Phi) is 3.29. The number of anilines is 1. The molecular formula is C14H15N3O3S. The van der Waals surface area contributed by atoms with Crippen LogP contribution in [0.25, 0.3) is 0 Å². The molecule has 0 aromatic carbocycles. The van der Waals surface area contributed by atoms with Crippen LogP contribution in [-0.4, -0.2) is 20.0 Å². The number of nitrogens with one attached hydrogen (secondary N) is 1. The second-order valence-corrected chi connectivity index (χ2v) is 5.89. The Morgan fingerprint density at radius 2 is 2.33 bits per heavy atom. The van der Waals surface area contributed by atoms with Crippen molar-refractivity contribution in [1.29, 1.82) is 0 Å². The summed E-state index contributed by atoms with van der Waals surface area (Å²) in [6.45, 7) is 1.98. The molecule has 0 spiro atoms. The van der Waals surface area contributed by atoms with Crippen LogP contribution in [0.1, 0.15) is 40.9 Å². The molecule has 0 radical (unpaired) electrons. The van der Waals surface area contributed by atoms with E-state index in [4.69, 9.17) is 0 Å². The topological polar surface area (TPSA) is 84.2 Å². The quantitative estimate of drug-likeness (QED) is 0.887. The lowest BCUT2D eigenvalue weighted by molar-refractivity contribution is 0.102. The van der Waals surface area contributed by atoms with E-state index < -0.39 is 11.5 Å². The molecule has 110 valence electrons. The van der Waals surface area contributed by atoms with Gasteiger partial charge in [0.15, 0.2) is 0 Å². The van der Waals surface area contributed by atoms with Crippen molar-refractivity contribution in [3.63, 3.8) is 0 Å². The predicted octanol–water partition coefficient (Wildman–Crippen LogP) is 1.85. The number of carbonyl (C=O) groups is 1. The number of carbonyl (C=O) groups excluding carboxylic acids is 1. The first-order valence-corrected chi connectivity index (χ1v) is 7.50. The smallest absolute Gasteiger partial charge is 0.267 e. The molecule has 6 nitrogen and oxygen atoms in total. The van der Waals surface area contributed by atoms with Crippen molar-refractivity contribution in [1.82, 2.24) is 8.94 Å². The summed E-state index contributed by atoms with van der Waals surface area (Å²) >= 11 is 1.20. The number of aromatic hydroxyl groups is 1. The van der Waals surface area contributed by atoms with Gasteiger partial charge < -0.3 is 15.0 Å². The summed E-state index contributed by atoms with van der Waals surface area (Å²) in [5, 5.41) is 14.7. The van der Waals surface area contributed by atoms with Gasteiger partial charge in [-0.3, -0.25) is 9.59 Å². The van der Waals surface area contributed by atoms with Crippen LogP contribution in [-0.2, 0) is 13.5 Å². The zero-order valence-corrected chi connectivity index (χ0v) is 12.5. The fourth-order valence-electron chi connectivity index (χ4n) is 2.82. The van der Waals surface area contributed by atoms with E-state index in [1.165, 1.54) is 16.1 Å². The van der Waals surface area contributed by atoms with Crippen LogP contribution in [0.2, 0.25) is 0 Å². The van der Waals surface area contributed by atoms with Gasteiger partial charge in [-0.15, -0.1) is 0 Å². The molecule has 0 saturated carbocycles. The summed E-state index contributed by atoms with van der Waals surface area (Å²) in [6.07, 6.45) is 1.61. The average molecular weight is 305 g/mol. The third-order valence-corrected chi connectivity index (χ3v) is 4.50. The molecule has 2 aromatic rings. The van der Waals surface area contributed by atoms with E-state index in [1.54, 1.807) is 18.5 Å². The van der Waals surface area contributed by atoms with Crippen molar-refractivity contribution in [2.75, 3.05) is 5.32 Å². The van der Waals surface area contributed by atoms with Gasteiger partial charge in [-0.05, 0) is 36.4 Å². The first-order valence-electron chi connectivity index (χ1n) is 6.67. The highest BCUT2D eigenvalue weighted by molar-refractivity contribution is 7.03. The van der Waals surface area contributed by atoms with Crippen LogP contribution in [0.4, 0.5) is 5.82 Å². The second-order valence-electron chi connectivity index (χ2n) is 5.23. The van der Waals surface area contributed by atoms with Gasteiger partial charge in [0.25, 0.3) is 11.5 Å². The van der Waals surface area contributed by atoms with E-state index in [-0.39, 0.29) is 17.2 Å². The Balaban J connectivity index is 2.11. The standard InChI is InChI=1S/C14H15N3O3S/c1-7-3-4-8-10(7)12(18)11(14(20)17(8)2)13(19)15-9-5-6-21-16-9/h5-7,18H,3-4H2,1-2H3,(H,15,16,19). The Bertz CT molecular complexity index is 765. The fraction of sp³-hybridized carbons (Fsp3) is 0.357. The molecule has 7 heteroatoms. The normalized spacial score (nSPS) is 16.8. The zero-order valence-electron chi connectivity index (χ0n) is 11.7. The summed E-state index contributed by atoms with van der Waals surface area (Å²) in [5.41, 5.74) is 0.835. The molecule has 2 heterocycles. The van der Waals surface area contributed by atoms with Gasteiger partial charge in [0.05, 0.1) is 0 Å². The molecule has 0 saturated heterocycles. The molecule has 0 fully saturated rings. The number of nitrogens with zero attached hydrogens (tertiary/aromatic N) is 2. The second kappa shape index (κ2) is 5.00. The van der Waals surface area contributed by atoms with E-state index >= 15 is 0 Å². The number of aromatic nitrogens is 2. The van der Waals surface area contributed by atoms with Crippen molar-refractivity contribution in [2.45, 2.75) is 25.7 Å². The number of fused-ring (bicyclic) bond motifs is 1. The van der Waals surface area contributed by atoms with Crippen molar-refractivity contribution in [2.24, 2.45) is 7.05 Å². The van der Waals surface area contributed by atoms with Crippen LogP contribution in [0, 0.1) is 0 Å². The van der Waals surface area contributed by atoms with Gasteiger partial charge in [-0.2, -0.15) is 4.37 Å². The lowest BCUT2D eigenvalue weighted by Crippen LogP contribution is -2.30. The Hall–Kier alpha value is -2.15. The molecule has 0 aliphatic heterocycles. The lowest BCUT2D eigenvalue weighted by atomic mass is 10.0. The summed E-state index contributed by atoms with van der Waals surface area (Å²) in [7, 11) is 1.64. The molecule has 1 amide bonds. The van der Waals surface area contributed by atoms with Gasteiger partial charge in [-0.25, -0.2) is 0 Å². The number of pyridine rings is 1. The summed E-state index contributed by atoms with van der Waals surface area (Å²) in [6, 6.07) is 1.64. The minimum atomic E-state index is -0.624. The monoisotopic (exact) mass is 305 g/mol. The van der Waals surface area contributed by atoms with Crippen molar-refractivity contribution >= 4 is 23.3 Å². The maximum absolute atomic E-state index is 12.4. The summed E-state index contributed by atoms with van der Waals surface area (Å²) in [4.78, 5) is 24.6. The molecule has 2 N–H and O–H groups in total. The van der Waals surface area contributed by atoms with Crippen molar-refractivity contribution in [3.05, 3.63) is 38.6 Å².